The number of carbonyl (C=O) groups excluding carboxylic acids is 1. The second kappa shape index (κ2) is 5.91. The first-order valence-corrected chi connectivity index (χ1v) is 5.66. The molecule has 4 heteroatoms. The zero-order valence-electron chi connectivity index (χ0n) is 10.2. The normalized spacial score (nSPS) is 16.2. The van der Waals surface area contributed by atoms with Gasteiger partial charge < -0.3 is 9.84 Å². The Labute approximate surface area is 101 Å². The first-order chi connectivity index (χ1) is 8.08. The Hall–Kier alpha value is -1.23. The molecule has 3 N–H and O–H groups in total. The number of methoxy groups -OCH3 is 1. The third-order valence-electron chi connectivity index (χ3n) is 2.87. The second-order valence-corrected chi connectivity index (χ2v) is 4.05. The lowest BCUT2D eigenvalue weighted by Crippen LogP contribution is -2.49. The number of benzene rings is 1. The van der Waals surface area contributed by atoms with E-state index in [2.05, 4.69) is 0 Å². The van der Waals surface area contributed by atoms with Gasteiger partial charge in [-0.3, -0.25) is 10.5 Å². The molecule has 0 aliphatic heterocycles. The summed E-state index contributed by atoms with van der Waals surface area (Å²) in [5, 5.41) is 10.0. The van der Waals surface area contributed by atoms with Crippen LogP contribution in [0.5, 0.6) is 0 Å². The molecule has 2 atom stereocenters. The van der Waals surface area contributed by atoms with Gasteiger partial charge in [-0.05, 0) is 12.5 Å². The lowest BCUT2D eigenvalue weighted by Gasteiger charge is -2.33. The van der Waals surface area contributed by atoms with E-state index in [-0.39, 0.29) is 0 Å². The van der Waals surface area contributed by atoms with Crippen LogP contribution >= 0.6 is 0 Å². The highest BCUT2D eigenvalue weighted by molar-refractivity contribution is 5.75. The van der Waals surface area contributed by atoms with Crippen molar-refractivity contribution < 1.29 is 14.6 Å². The van der Waals surface area contributed by atoms with Crippen LogP contribution < -0.4 is 5.73 Å². The molecule has 4 nitrogen and oxygen atoms in total. The first kappa shape index (κ1) is 13.8. The van der Waals surface area contributed by atoms with Gasteiger partial charge in [-0.2, -0.15) is 0 Å². The molecule has 0 spiro atoms. The minimum atomic E-state index is -1.27. The van der Waals surface area contributed by atoms with Gasteiger partial charge in [-0.1, -0.05) is 31.5 Å². The molecule has 0 fully saturated rings. The number of aliphatic hydroxyl groups excluding tert-OH is 1. The molecule has 94 valence electrons. The molecule has 1 aromatic rings. The number of ether oxygens (including phenoxy) is 1. The van der Waals surface area contributed by atoms with Gasteiger partial charge in [0.25, 0.3) is 0 Å². The Balaban J connectivity index is 3.10. The van der Waals surface area contributed by atoms with Crippen molar-refractivity contribution in [3.05, 3.63) is 35.4 Å². The van der Waals surface area contributed by atoms with Gasteiger partial charge in [-0.15, -0.1) is 0 Å². The monoisotopic (exact) mass is 237 g/mol. The average molecular weight is 237 g/mol. The maximum atomic E-state index is 10.7. The van der Waals surface area contributed by atoms with Crippen molar-refractivity contribution >= 4 is 6.29 Å². The number of aldehydes is 1. The van der Waals surface area contributed by atoms with Crippen molar-refractivity contribution in [2.24, 2.45) is 5.73 Å². The number of nitrogens with two attached hydrogens (primary N) is 1. The van der Waals surface area contributed by atoms with E-state index in [1.165, 1.54) is 7.11 Å². The molecule has 1 aromatic carbocycles. The second-order valence-electron chi connectivity index (χ2n) is 4.05. The summed E-state index contributed by atoms with van der Waals surface area (Å²) in [6.07, 6.45) is 1.28. The fourth-order valence-corrected chi connectivity index (χ4v) is 1.79. The number of aliphatic hydroxyl groups is 1. The Morgan fingerprint density at radius 2 is 2.29 bits per heavy atom. The van der Waals surface area contributed by atoms with E-state index in [9.17, 15) is 9.90 Å². The van der Waals surface area contributed by atoms with E-state index >= 15 is 0 Å². The van der Waals surface area contributed by atoms with Gasteiger partial charge >= 0.3 is 0 Å². The topological polar surface area (TPSA) is 72.6 Å². The van der Waals surface area contributed by atoms with E-state index in [1.54, 1.807) is 24.3 Å². The van der Waals surface area contributed by atoms with Crippen molar-refractivity contribution in [1.82, 2.24) is 0 Å². The van der Waals surface area contributed by atoms with Crippen LogP contribution in [0.15, 0.2) is 24.3 Å². The molecule has 0 bridgehead atoms. The summed E-state index contributed by atoms with van der Waals surface area (Å²) in [5.41, 5.74) is 5.93. The van der Waals surface area contributed by atoms with Gasteiger partial charge in [0.2, 0.25) is 0 Å². The molecular weight excluding hydrogens is 218 g/mol. The molecule has 0 aliphatic rings. The van der Waals surface area contributed by atoms with E-state index in [0.29, 0.717) is 17.5 Å². The molecule has 0 saturated heterocycles. The molecule has 0 saturated carbocycles. The molecule has 17 heavy (non-hydrogen) atoms. The highest BCUT2D eigenvalue weighted by Crippen LogP contribution is 2.26. The number of hydrogen-bond acceptors (Lipinski definition) is 4. The Bertz CT molecular complexity index is 381. The van der Waals surface area contributed by atoms with E-state index in [0.717, 1.165) is 12.7 Å². The predicted octanol–water partition coefficient (Wildman–Crippen LogP) is 1.42. The molecule has 1 rings (SSSR count). The lowest BCUT2D eigenvalue weighted by molar-refractivity contribution is -0.108. The molecule has 0 aromatic heterocycles. The number of carbonyl (C=O) groups is 1. The zero-order valence-corrected chi connectivity index (χ0v) is 10.2. The largest absolute Gasteiger partial charge is 0.388 e. The SMILES string of the molecule is CCC[C@@H](O)[C@](N)(OC)c1cccc(C=O)c1. The van der Waals surface area contributed by atoms with Crippen molar-refractivity contribution in [1.29, 1.82) is 0 Å². The highest BCUT2D eigenvalue weighted by Gasteiger charge is 2.35. The van der Waals surface area contributed by atoms with Crippen LogP contribution in [0.1, 0.15) is 35.7 Å². The van der Waals surface area contributed by atoms with E-state index < -0.39 is 11.8 Å². The van der Waals surface area contributed by atoms with E-state index in [4.69, 9.17) is 10.5 Å². The lowest BCUT2D eigenvalue weighted by atomic mass is 9.93. The summed E-state index contributed by atoms with van der Waals surface area (Å²) >= 11 is 0. The smallest absolute Gasteiger partial charge is 0.168 e. The molecule has 0 heterocycles. The summed E-state index contributed by atoms with van der Waals surface area (Å²) in [4.78, 5) is 10.7. The van der Waals surface area contributed by atoms with Crippen molar-refractivity contribution in [3.8, 4) is 0 Å². The van der Waals surface area contributed by atoms with Crippen molar-refractivity contribution in [2.75, 3.05) is 7.11 Å². The Kier molecular flexibility index (Phi) is 4.81. The molecular formula is C13H19NO3. The van der Waals surface area contributed by atoms with Gasteiger partial charge in [0.1, 0.15) is 12.4 Å². The molecule has 0 unspecified atom stereocenters. The van der Waals surface area contributed by atoms with Crippen LogP contribution in [0.2, 0.25) is 0 Å². The first-order valence-electron chi connectivity index (χ1n) is 5.66. The third-order valence-corrected chi connectivity index (χ3v) is 2.87. The van der Waals surface area contributed by atoms with Crippen LogP contribution in [0.3, 0.4) is 0 Å². The zero-order chi connectivity index (χ0) is 12.9. The van der Waals surface area contributed by atoms with Crippen molar-refractivity contribution in [2.45, 2.75) is 31.6 Å². The summed E-state index contributed by atoms with van der Waals surface area (Å²) in [7, 11) is 1.45. The maximum Gasteiger partial charge on any atom is 0.168 e. The molecule has 0 amide bonds. The maximum absolute atomic E-state index is 10.7. The fraction of sp³-hybridized carbons (Fsp3) is 0.462. The van der Waals surface area contributed by atoms with Crippen LogP contribution in [-0.2, 0) is 10.5 Å². The Morgan fingerprint density at radius 1 is 1.59 bits per heavy atom. The van der Waals surface area contributed by atoms with Gasteiger partial charge in [-0.25, -0.2) is 0 Å². The van der Waals surface area contributed by atoms with Crippen LogP contribution in [0, 0.1) is 0 Å². The standard InChI is InChI=1S/C13H19NO3/c1-3-5-12(16)13(14,17-2)11-7-4-6-10(8-11)9-15/h4,6-9,12,16H,3,5,14H2,1-2H3/t12-,13-/m1/s1. The molecule has 0 radical (unpaired) electrons. The predicted molar refractivity (Wildman–Crippen MR) is 65.6 cm³/mol. The van der Waals surface area contributed by atoms with Gasteiger partial charge in [0, 0.05) is 18.2 Å². The summed E-state index contributed by atoms with van der Waals surface area (Å²) in [6.45, 7) is 1.96. The van der Waals surface area contributed by atoms with Crippen molar-refractivity contribution in [3.63, 3.8) is 0 Å². The molecule has 0 aliphatic carbocycles. The van der Waals surface area contributed by atoms with Crippen LogP contribution in [-0.4, -0.2) is 24.6 Å². The Morgan fingerprint density at radius 3 is 2.82 bits per heavy atom. The van der Waals surface area contributed by atoms with Gasteiger partial charge in [0.15, 0.2) is 5.72 Å². The quantitative estimate of drug-likeness (QED) is 0.579. The average Bonchev–Trinajstić information content (AvgIpc) is 2.38. The van der Waals surface area contributed by atoms with Crippen LogP contribution in [0.4, 0.5) is 0 Å². The fourth-order valence-electron chi connectivity index (χ4n) is 1.79. The number of rotatable bonds is 6. The minimum absolute atomic E-state index is 0.512. The number of hydrogen-bond donors (Lipinski definition) is 2. The van der Waals surface area contributed by atoms with E-state index in [1.807, 2.05) is 6.92 Å². The summed E-state index contributed by atoms with van der Waals surface area (Å²) in [5.74, 6) is 0. The van der Waals surface area contributed by atoms with Crippen LogP contribution in [0.25, 0.3) is 0 Å². The highest BCUT2D eigenvalue weighted by atomic mass is 16.5. The van der Waals surface area contributed by atoms with Gasteiger partial charge in [0.05, 0.1) is 0 Å². The minimum Gasteiger partial charge on any atom is -0.388 e. The third kappa shape index (κ3) is 2.91. The summed E-state index contributed by atoms with van der Waals surface area (Å²) < 4.78 is 5.25. The summed E-state index contributed by atoms with van der Waals surface area (Å²) in [6, 6.07) is 6.78.